The van der Waals surface area contributed by atoms with Crippen LogP contribution in [0, 0.1) is 5.82 Å². The first-order chi connectivity index (χ1) is 18.2. The van der Waals surface area contributed by atoms with Crippen molar-refractivity contribution in [1.29, 1.82) is 0 Å². The van der Waals surface area contributed by atoms with Gasteiger partial charge in [-0.25, -0.2) is 9.37 Å². The Labute approximate surface area is 211 Å². The van der Waals surface area contributed by atoms with Crippen LogP contribution in [0.5, 0.6) is 5.75 Å². The molecule has 0 bridgehead atoms. The normalized spacial score (nSPS) is 14.8. The number of morpholine rings is 1. The summed E-state index contributed by atoms with van der Waals surface area (Å²) in [5.41, 5.74) is 7.36. The van der Waals surface area contributed by atoms with E-state index in [1.165, 1.54) is 36.5 Å². The summed E-state index contributed by atoms with van der Waals surface area (Å²) in [5.74, 6) is -0.733. The maximum absolute atomic E-state index is 14.6. The molecule has 36 heavy (non-hydrogen) atoms. The minimum atomic E-state index is -2.27. The highest BCUT2D eigenvalue weighted by molar-refractivity contribution is 5.95. The molecule has 2 aromatic carbocycles. The molecule has 0 radical (unpaired) electrons. The van der Waals surface area contributed by atoms with Gasteiger partial charge in [-0.3, -0.25) is 9.59 Å². The van der Waals surface area contributed by atoms with Gasteiger partial charge in [0.05, 0.1) is 22.5 Å². The van der Waals surface area contributed by atoms with Crippen LogP contribution in [0.1, 0.15) is 18.7 Å². The number of rotatable bonds is 8. The van der Waals surface area contributed by atoms with Crippen molar-refractivity contribution >= 4 is 23.7 Å². The fourth-order valence-electron chi connectivity index (χ4n) is 3.52. The maximum atomic E-state index is 14.6. The second-order valence-corrected chi connectivity index (χ2v) is 7.94. The van der Waals surface area contributed by atoms with E-state index in [9.17, 15) is 14.0 Å². The summed E-state index contributed by atoms with van der Waals surface area (Å²) in [7, 11) is 0. The van der Waals surface area contributed by atoms with E-state index in [0.29, 0.717) is 48.8 Å². The van der Waals surface area contributed by atoms with Crippen molar-refractivity contribution in [2.75, 3.05) is 45.1 Å². The zero-order valence-electron chi connectivity index (χ0n) is 21.4. The van der Waals surface area contributed by atoms with Crippen molar-refractivity contribution in [3.63, 3.8) is 0 Å². The number of hydrogen-bond acceptors (Lipinski definition) is 6. The molecule has 0 spiro atoms. The van der Waals surface area contributed by atoms with Crippen LogP contribution in [0.25, 0.3) is 17.2 Å². The van der Waals surface area contributed by atoms with Crippen LogP contribution < -0.4 is 15.8 Å². The van der Waals surface area contributed by atoms with E-state index in [0.717, 1.165) is 0 Å². The monoisotopic (exact) mass is 492 g/mol. The van der Waals surface area contributed by atoms with Crippen molar-refractivity contribution in [1.82, 2.24) is 15.2 Å². The first-order valence-electron chi connectivity index (χ1n) is 12.3. The summed E-state index contributed by atoms with van der Waals surface area (Å²) < 4.78 is 41.5. The summed E-state index contributed by atoms with van der Waals surface area (Å²) in [6, 6.07) is 13.7. The molecule has 1 fully saturated rings. The number of nitrogens with one attached hydrogen (secondary N) is 1. The summed E-state index contributed by atoms with van der Waals surface area (Å²) in [5, 5.41) is 2.44. The molecule has 1 aromatic heterocycles. The number of carbonyl (C=O) groups excluding carboxylic acids is 2. The fourth-order valence-corrected chi connectivity index (χ4v) is 3.52. The number of hydrogen-bond donors (Lipinski definition) is 2. The molecule has 4 rings (SSSR count). The number of benzene rings is 2. The number of aromatic nitrogens is 1. The molecule has 0 atom stereocenters. The van der Waals surface area contributed by atoms with Crippen LogP contribution in [0.4, 0.5) is 10.2 Å². The smallest absolute Gasteiger partial charge is 0.254 e. The molecule has 186 valence electrons. The SMILES string of the molecule is [2H]C([2H])(CNC(=O)C=Cc1ccc(N)nc1)Oc1ccc(F)c(-c2ccc(C(=O)N3CCOCC3)cc2)c1. The molecule has 1 saturated heterocycles. The number of nitrogen functional groups attached to an aromatic ring is 1. The zero-order chi connectivity index (χ0) is 27.1. The molecular weight excluding hydrogens is 463 g/mol. The summed E-state index contributed by atoms with van der Waals surface area (Å²) in [4.78, 5) is 30.4. The number of ether oxygens (including phenoxy) is 2. The first kappa shape index (κ1) is 22.2. The topological polar surface area (TPSA) is 107 Å². The van der Waals surface area contributed by atoms with Gasteiger partial charge in [0.2, 0.25) is 5.91 Å². The Morgan fingerprint density at radius 1 is 1.17 bits per heavy atom. The zero-order valence-corrected chi connectivity index (χ0v) is 19.4. The van der Waals surface area contributed by atoms with Gasteiger partial charge in [0.1, 0.15) is 23.9 Å². The second-order valence-electron chi connectivity index (χ2n) is 7.94. The van der Waals surface area contributed by atoms with Gasteiger partial charge in [0, 0.05) is 36.5 Å². The number of nitrogens with two attached hydrogens (primary N) is 1. The molecule has 0 saturated carbocycles. The van der Waals surface area contributed by atoms with Crippen molar-refractivity contribution < 1.29 is 26.2 Å². The molecule has 9 heteroatoms. The van der Waals surface area contributed by atoms with Crippen molar-refractivity contribution in [2.24, 2.45) is 0 Å². The molecule has 3 N–H and O–H groups in total. The van der Waals surface area contributed by atoms with Gasteiger partial charge in [-0.05, 0) is 59.7 Å². The average molecular weight is 493 g/mol. The first-order valence-corrected chi connectivity index (χ1v) is 11.3. The van der Waals surface area contributed by atoms with Crippen LogP contribution >= 0.6 is 0 Å². The van der Waals surface area contributed by atoms with E-state index >= 15 is 0 Å². The van der Waals surface area contributed by atoms with Gasteiger partial charge < -0.3 is 25.4 Å². The average Bonchev–Trinajstić information content (AvgIpc) is 2.93. The largest absolute Gasteiger partial charge is 0.492 e. The Morgan fingerprint density at radius 3 is 2.67 bits per heavy atom. The number of amides is 2. The Morgan fingerprint density at radius 2 is 1.94 bits per heavy atom. The van der Waals surface area contributed by atoms with Crippen molar-refractivity contribution in [2.45, 2.75) is 0 Å². The molecule has 2 heterocycles. The maximum Gasteiger partial charge on any atom is 0.254 e. The van der Waals surface area contributed by atoms with Gasteiger partial charge in [-0.1, -0.05) is 12.1 Å². The minimum Gasteiger partial charge on any atom is -0.492 e. The van der Waals surface area contributed by atoms with E-state index < -0.39 is 24.8 Å². The predicted octanol–water partition coefficient (Wildman–Crippen LogP) is 3.15. The van der Waals surface area contributed by atoms with Gasteiger partial charge in [0.15, 0.2) is 0 Å². The summed E-state index contributed by atoms with van der Waals surface area (Å²) >= 11 is 0. The van der Waals surface area contributed by atoms with Gasteiger partial charge >= 0.3 is 0 Å². The highest BCUT2D eigenvalue weighted by atomic mass is 19.1. The Kier molecular flexibility index (Phi) is 7.38. The third-order valence-electron chi connectivity index (χ3n) is 5.44. The van der Waals surface area contributed by atoms with Crippen LogP contribution in [0.2, 0.25) is 0 Å². The van der Waals surface area contributed by atoms with Crippen molar-refractivity contribution in [3.05, 3.63) is 83.8 Å². The molecule has 1 aliphatic heterocycles. The van der Waals surface area contributed by atoms with Crippen LogP contribution in [-0.2, 0) is 9.53 Å². The van der Waals surface area contributed by atoms with E-state index in [4.69, 9.17) is 17.9 Å². The standard InChI is InChI=1S/C27H27FN4O4/c28-24-8-7-22(36-14-11-30-26(33)10-2-19-1-9-25(29)31-18-19)17-23(24)20-3-5-21(6-4-20)27(34)32-12-15-35-16-13-32/h1-10,17-18H,11-16H2,(H2,29,31)(H,30,33)/i14D2. The van der Waals surface area contributed by atoms with E-state index in [1.54, 1.807) is 41.3 Å². The van der Waals surface area contributed by atoms with E-state index in [-0.39, 0.29) is 17.2 Å². The molecule has 0 aliphatic carbocycles. The number of carbonyl (C=O) groups is 2. The molecule has 1 aliphatic rings. The second kappa shape index (κ2) is 11.9. The third kappa shape index (κ3) is 6.67. The Hall–Kier alpha value is -4.24. The highest BCUT2D eigenvalue weighted by Crippen LogP contribution is 2.27. The quantitative estimate of drug-likeness (QED) is 0.468. The number of anilines is 1. The molecule has 3 aromatic rings. The lowest BCUT2D eigenvalue weighted by molar-refractivity contribution is -0.116. The Bertz CT molecular complexity index is 1310. The number of halogens is 1. The molecule has 8 nitrogen and oxygen atoms in total. The van der Waals surface area contributed by atoms with Crippen LogP contribution in [0.15, 0.2) is 66.9 Å². The Balaban J connectivity index is 1.38. The summed E-state index contributed by atoms with van der Waals surface area (Å²) in [6.07, 6.45) is 4.26. The van der Waals surface area contributed by atoms with Gasteiger partial charge in [0.25, 0.3) is 5.91 Å². The van der Waals surface area contributed by atoms with Crippen LogP contribution in [0.3, 0.4) is 0 Å². The van der Waals surface area contributed by atoms with Crippen LogP contribution in [-0.4, -0.2) is 61.1 Å². The fraction of sp³-hybridized carbons (Fsp3) is 0.222. The molecule has 2 amide bonds. The minimum absolute atomic E-state index is 0.0811. The molecule has 0 unspecified atom stereocenters. The third-order valence-corrected chi connectivity index (χ3v) is 5.44. The lowest BCUT2D eigenvalue weighted by atomic mass is 10.0. The summed E-state index contributed by atoms with van der Waals surface area (Å²) in [6.45, 7) is -0.675. The predicted molar refractivity (Wildman–Crippen MR) is 135 cm³/mol. The lowest BCUT2D eigenvalue weighted by Crippen LogP contribution is -2.40. The lowest BCUT2D eigenvalue weighted by Gasteiger charge is -2.26. The van der Waals surface area contributed by atoms with Gasteiger partial charge in [-0.2, -0.15) is 0 Å². The number of pyridine rings is 1. The van der Waals surface area contributed by atoms with Gasteiger partial charge in [-0.15, -0.1) is 0 Å². The number of nitrogens with zero attached hydrogens (tertiary/aromatic N) is 2. The molecular formula is C27H27FN4O4. The highest BCUT2D eigenvalue weighted by Gasteiger charge is 2.18. The van der Waals surface area contributed by atoms with Crippen molar-refractivity contribution in [3.8, 4) is 16.9 Å². The van der Waals surface area contributed by atoms with E-state index in [1.807, 2.05) is 0 Å². The van der Waals surface area contributed by atoms with E-state index in [2.05, 4.69) is 10.3 Å².